The predicted octanol–water partition coefficient (Wildman–Crippen LogP) is -0.0596. The van der Waals surface area contributed by atoms with E-state index in [0.717, 1.165) is 20.2 Å². The maximum atomic E-state index is 11.5. The Labute approximate surface area is 132 Å². The number of hydrogen-bond acceptors (Lipinski definition) is 7. The lowest BCUT2D eigenvalue weighted by atomic mass is 10.2. The number of ether oxygens (including phenoxy) is 2. The molecule has 22 heavy (non-hydrogen) atoms. The fourth-order valence-electron chi connectivity index (χ4n) is 2.18. The van der Waals surface area contributed by atoms with Gasteiger partial charge in [-0.05, 0) is 0 Å². The van der Waals surface area contributed by atoms with E-state index in [1.54, 1.807) is 13.8 Å². The average molecular weight is 340 g/mol. The second kappa shape index (κ2) is 8.78. The lowest BCUT2D eigenvalue weighted by Crippen LogP contribution is -2.58. The summed E-state index contributed by atoms with van der Waals surface area (Å²) in [6, 6.07) is 0. The van der Waals surface area contributed by atoms with Crippen LogP contribution in [0.1, 0.15) is 13.8 Å². The first-order chi connectivity index (χ1) is 10.3. The average Bonchev–Trinajstić information content (AvgIpc) is 2.48. The SMILES string of the molecule is COS(=O)(=O)OCC[N+]1(CCOC(=O)C(C)C)CCOCC1. The standard InChI is InChI=1S/C13H26NO7S/c1-12(2)13(15)20-10-6-14(4-8-19-9-5-14)7-11-21-22(16,17)18-3/h12H,4-11H2,1-3H3/q+1. The van der Waals surface area contributed by atoms with Crippen LogP contribution in [0.15, 0.2) is 0 Å². The Hall–Kier alpha value is -0.740. The minimum atomic E-state index is -3.92. The molecule has 9 heteroatoms. The summed E-state index contributed by atoms with van der Waals surface area (Å²) >= 11 is 0. The van der Waals surface area contributed by atoms with Crippen LogP contribution in [0.4, 0.5) is 0 Å². The maximum Gasteiger partial charge on any atom is 0.399 e. The molecular weight excluding hydrogens is 314 g/mol. The van der Waals surface area contributed by atoms with Gasteiger partial charge < -0.3 is 14.0 Å². The van der Waals surface area contributed by atoms with Crippen LogP contribution in [-0.4, -0.2) is 78.6 Å². The summed E-state index contributed by atoms with van der Waals surface area (Å²) in [4.78, 5) is 11.5. The maximum absolute atomic E-state index is 11.5. The summed E-state index contributed by atoms with van der Waals surface area (Å²) in [5.74, 6) is -0.391. The summed E-state index contributed by atoms with van der Waals surface area (Å²) in [7, 11) is -2.86. The Bertz CT molecular complexity index is 443. The monoisotopic (exact) mass is 340 g/mol. The molecule has 1 saturated heterocycles. The number of esters is 1. The van der Waals surface area contributed by atoms with Gasteiger partial charge in [-0.3, -0.25) is 8.98 Å². The van der Waals surface area contributed by atoms with Gasteiger partial charge in [-0.25, -0.2) is 4.18 Å². The molecule has 0 amide bonds. The minimum absolute atomic E-state index is 0.0221. The van der Waals surface area contributed by atoms with Gasteiger partial charge in [-0.2, -0.15) is 8.42 Å². The van der Waals surface area contributed by atoms with E-state index in [0.29, 0.717) is 37.4 Å². The first kappa shape index (κ1) is 19.3. The van der Waals surface area contributed by atoms with Crippen molar-refractivity contribution in [2.75, 3.05) is 59.7 Å². The van der Waals surface area contributed by atoms with Gasteiger partial charge in [0.1, 0.15) is 39.4 Å². The molecule has 130 valence electrons. The molecule has 1 rings (SSSR count). The number of rotatable bonds is 9. The lowest BCUT2D eigenvalue weighted by Gasteiger charge is -2.40. The van der Waals surface area contributed by atoms with Gasteiger partial charge in [-0.1, -0.05) is 13.8 Å². The molecule has 0 unspecified atom stereocenters. The third-order valence-electron chi connectivity index (χ3n) is 3.70. The topological polar surface area (TPSA) is 88.1 Å². The molecule has 1 aliphatic rings. The van der Waals surface area contributed by atoms with E-state index in [2.05, 4.69) is 4.18 Å². The second-order valence-electron chi connectivity index (χ2n) is 5.57. The Morgan fingerprint density at radius 3 is 2.32 bits per heavy atom. The number of hydrogen-bond donors (Lipinski definition) is 0. The second-order valence-corrected chi connectivity index (χ2v) is 6.95. The summed E-state index contributed by atoms with van der Waals surface area (Å²) in [5.41, 5.74) is 0. The Kier molecular flexibility index (Phi) is 7.70. The number of morpholine rings is 1. The third kappa shape index (κ3) is 6.57. The Morgan fingerprint density at radius 1 is 1.18 bits per heavy atom. The fraction of sp³-hybridized carbons (Fsp3) is 0.923. The zero-order valence-electron chi connectivity index (χ0n) is 13.4. The van der Waals surface area contributed by atoms with E-state index in [4.69, 9.17) is 13.7 Å². The quantitative estimate of drug-likeness (QED) is 0.429. The highest BCUT2D eigenvalue weighted by Crippen LogP contribution is 2.12. The van der Waals surface area contributed by atoms with E-state index in [1.807, 2.05) is 0 Å². The van der Waals surface area contributed by atoms with Crippen molar-refractivity contribution in [1.29, 1.82) is 0 Å². The van der Waals surface area contributed by atoms with E-state index >= 15 is 0 Å². The summed E-state index contributed by atoms with van der Waals surface area (Å²) in [6.45, 7) is 7.64. The minimum Gasteiger partial charge on any atom is -0.459 e. The van der Waals surface area contributed by atoms with Crippen molar-refractivity contribution in [2.45, 2.75) is 13.8 Å². The van der Waals surface area contributed by atoms with Gasteiger partial charge >= 0.3 is 16.4 Å². The van der Waals surface area contributed by atoms with Crippen molar-refractivity contribution in [3.63, 3.8) is 0 Å². The summed E-state index contributed by atoms with van der Waals surface area (Å²) < 4.78 is 42.5. The van der Waals surface area contributed by atoms with Crippen LogP contribution < -0.4 is 0 Å². The normalized spacial score (nSPS) is 18.4. The molecule has 0 aromatic rings. The van der Waals surface area contributed by atoms with Crippen molar-refractivity contribution in [3.8, 4) is 0 Å². The van der Waals surface area contributed by atoms with E-state index < -0.39 is 10.4 Å². The third-order valence-corrected chi connectivity index (χ3v) is 4.56. The lowest BCUT2D eigenvalue weighted by molar-refractivity contribution is -0.935. The molecule has 0 N–H and O–H groups in total. The largest absolute Gasteiger partial charge is 0.459 e. The molecule has 1 heterocycles. The van der Waals surface area contributed by atoms with Crippen LogP contribution >= 0.6 is 0 Å². The molecule has 0 aliphatic carbocycles. The van der Waals surface area contributed by atoms with Crippen molar-refractivity contribution in [3.05, 3.63) is 0 Å². The highest BCUT2D eigenvalue weighted by Gasteiger charge is 2.31. The summed E-state index contributed by atoms with van der Waals surface area (Å²) in [6.07, 6.45) is 0. The highest BCUT2D eigenvalue weighted by atomic mass is 32.3. The molecular formula is C13H26NO7S+. The van der Waals surface area contributed by atoms with Crippen LogP contribution in [0, 0.1) is 5.92 Å². The zero-order chi connectivity index (χ0) is 16.6. The van der Waals surface area contributed by atoms with E-state index in [1.165, 1.54) is 0 Å². The zero-order valence-corrected chi connectivity index (χ0v) is 14.3. The molecule has 0 radical (unpaired) electrons. The van der Waals surface area contributed by atoms with Crippen molar-refractivity contribution in [2.24, 2.45) is 5.92 Å². The first-order valence-electron chi connectivity index (χ1n) is 7.35. The van der Waals surface area contributed by atoms with Crippen LogP contribution in [0.3, 0.4) is 0 Å². The van der Waals surface area contributed by atoms with Crippen LogP contribution in [-0.2, 0) is 33.0 Å². The molecule has 0 atom stereocenters. The Morgan fingerprint density at radius 2 is 1.77 bits per heavy atom. The fourth-order valence-corrected chi connectivity index (χ4v) is 2.55. The number of quaternary nitrogens is 1. The molecule has 0 aromatic heterocycles. The van der Waals surface area contributed by atoms with E-state index in [-0.39, 0.29) is 18.5 Å². The van der Waals surface area contributed by atoms with Crippen LogP contribution in [0.5, 0.6) is 0 Å². The smallest absolute Gasteiger partial charge is 0.399 e. The molecule has 0 bridgehead atoms. The highest BCUT2D eigenvalue weighted by molar-refractivity contribution is 7.81. The van der Waals surface area contributed by atoms with Gasteiger partial charge in [-0.15, -0.1) is 0 Å². The van der Waals surface area contributed by atoms with Gasteiger partial charge in [0.2, 0.25) is 0 Å². The molecule has 0 aromatic carbocycles. The number of carbonyl (C=O) groups excluding carboxylic acids is 1. The first-order valence-corrected chi connectivity index (χ1v) is 8.68. The molecule has 0 saturated carbocycles. The number of nitrogens with zero attached hydrogens (tertiary/aromatic N) is 1. The number of carbonyl (C=O) groups is 1. The van der Waals surface area contributed by atoms with Crippen LogP contribution in [0.2, 0.25) is 0 Å². The van der Waals surface area contributed by atoms with E-state index in [9.17, 15) is 13.2 Å². The molecule has 0 spiro atoms. The Balaban J connectivity index is 2.49. The molecule has 1 aliphatic heterocycles. The van der Waals surface area contributed by atoms with Gasteiger partial charge in [0.25, 0.3) is 0 Å². The van der Waals surface area contributed by atoms with Gasteiger partial charge in [0.05, 0.1) is 26.2 Å². The summed E-state index contributed by atoms with van der Waals surface area (Å²) in [5, 5.41) is 0. The molecule has 8 nitrogen and oxygen atoms in total. The van der Waals surface area contributed by atoms with Crippen molar-refractivity contribution >= 4 is 16.4 Å². The van der Waals surface area contributed by atoms with Gasteiger partial charge in [0.15, 0.2) is 0 Å². The van der Waals surface area contributed by atoms with Crippen molar-refractivity contribution < 1.29 is 35.5 Å². The molecule has 1 fully saturated rings. The van der Waals surface area contributed by atoms with Crippen LogP contribution in [0.25, 0.3) is 0 Å². The van der Waals surface area contributed by atoms with Gasteiger partial charge in [0, 0.05) is 0 Å². The van der Waals surface area contributed by atoms with Crippen molar-refractivity contribution in [1.82, 2.24) is 0 Å². The predicted molar refractivity (Wildman–Crippen MR) is 78.2 cm³/mol.